The molecule has 0 fully saturated rings. The number of thioether (sulfide) groups is 1. The summed E-state index contributed by atoms with van der Waals surface area (Å²) < 4.78 is 25.8. The number of fused-ring (bicyclic) bond motifs is 1. The molecule has 1 aliphatic rings. The highest BCUT2D eigenvalue weighted by molar-refractivity contribution is 7.99. The van der Waals surface area contributed by atoms with E-state index in [2.05, 4.69) is 10.6 Å². The second-order valence-corrected chi connectivity index (χ2v) is 10.4. The number of carbonyl (C=O) groups excluding carboxylic acids is 2. The fourth-order valence-corrected chi connectivity index (χ4v) is 5.16. The fourth-order valence-electron chi connectivity index (χ4n) is 2.72. The van der Waals surface area contributed by atoms with E-state index in [0.29, 0.717) is 28.6 Å². The van der Waals surface area contributed by atoms with Crippen LogP contribution in [0.5, 0.6) is 0 Å². The van der Waals surface area contributed by atoms with E-state index < -0.39 is 21.0 Å². The molecule has 1 unspecified atom stereocenters. The fraction of sp³-hybridized carbons (Fsp3) is 0.263. The van der Waals surface area contributed by atoms with Crippen molar-refractivity contribution in [3.63, 3.8) is 0 Å². The summed E-state index contributed by atoms with van der Waals surface area (Å²) in [5.74, 6) is 0.0971. The molecular weight excluding hydrogens is 420 g/mol. The summed E-state index contributed by atoms with van der Waals surface area (Å²) >= 11 is 7.31. The zero-order valence-corrected chi connectivity index (χ0v) is 17.5. The summed E-state index contributed by atoms with van der Waals surface area (Å²) in [5.41, 5.74) is 1.04. The Kier molecular flexibility index (Phi) is 6.32. The highest BCUT2D eigenvalue weighted by Gasteiger charge is 2.27. The van der Waals surface area contributed by atoms with Crippen molar-refractivity contribution in [1.29, 1.82) is 0 Å². The first-order valence-electron chi connectivity index (χ1n) is 8.62. The minimum absolute atomic E-state index is 0.0841. The average molecular weight is 439 g/mol. The Morgan fingerprint density at radius 2 is 1.96 bits per heavy atom. The maximum atomic E-state index is 12.9. The van der Waals surface area contributed by atoms with E-state index in [1.165, 1.54) is 30.8 Å². The van der Waals surface area contributed by atoms with Crippen LogP contribution in [0.15, 0.2) is 52.3 Å². The van der Waals surface area contributed by atoms with Gasteiger partial charge in [-0.3, -0.25) is 9.59 Å². The quantitative estimate of drug-likeness (QED) is 0.736. The third kappa shape index (κ3) is 4.87. The Bertz CT molecular complexity index is 1010. The van der Waals surface area contributed by atoms with Gasteiger partial charge in [0.25, 0.3) is 0 Å². The van der Waals surface area contributed by atoms with Crippen molar-refractivity contribution in [2.75, 3.05) is 16.4 Å². The number of halogens is 1. The molecule has 0 saturated heterocycles. The van der Waals surface area contributed by atoms with Gasteiger partial charge in [0, 0.05) is 34.2 Å². The van der Waals surface area contributed by atoms with Crippen molar-refractivity contribution in [2.24, 2.45) is 0 Å². The molecule has 28 heavy (non-hydrogen) atoms. The van der Waals surface area contributed by atoms with Gasteiger partial charge in [-0.15, -0.1) is 11.8 Å². The van der Waals surface area contributed by atoms with Gasteiger partial charge in [-0.2, -0.15) is 0 Å². The molecule has 0 bridgehead atoms. The second kappa shape index (κ2) is 8.55. The summed E-state index contributed by atoms with van der Waals surface area (Å²) in [6, 6.07) is 11.2. The molecule has 3 rings (SSSR count). The van der Waals surface area contributed by atoms with Crippen LogP contribution in [0.3, 0.4) is 0 Å². The molecule has 1 atom stereocenters. The van der Waals surface area contributed by atoms with Crippen molar-refractivity contribution < 1.29 is 18.0 Å². The molecule has 9 heteroatoms. The molecule has 1 aliphatic heterocycles. The lowest BCUT2D eigenvalue weighted by molar-refractivity contribution is -0.116. The van der Waals surface area contributed by atoms with E-state index in [9.17, 15) is 18.0 Å². The van der Waals surface area contributed by atoms with E-state index in [4.69, 9.17) is 11.6 Å². The van der Waals surface area contributed by atoms with Crippen molar-refractivity contribution in [3.05, 3.63) is 47.5 Å². The molecule has 2 aromatic carbocycles. The second-order valence-electron chi connectivity index (χ2n) is 6.42. The lowest BCUT2D eigenvalue weighted by atomic mass is 10.3. The number of hydrogen-bond acceptors (Lipinski definition) is 5. The maximum Gasteiger partial charge on any atom is 0.225 e. The van der Waals surface area contributed by atoms with Crippen LogP contribution >= 0.6 is 23.4 Å². The third-order valence-corrected chi connectivity index (χ3v) is 7.74. The lowest BCUT2D eigenvalue weighted by Gasteiger charge is -2.15. The zero-order valence-electron chi connectivity index (χ0n) is 15.1. The first-order valence-corrected chi connectivity index (χ1v) is 11.5. The predicted octanol–water partition coefficient (Wildman–Crippen LogP) is 3.97. The van der Waals surface area contributed by atoms with E-state index in [1.807, 2.05) is 0 Å². The lowest BCUT2D eigenvalue weighted by Crippen LogP contribution is -2.25. The smallest absolute Gasteiger partial charge is 0.225 e. The molecule has 148 valence electrons. The van der Waals surface area contributed by atoms with E-state index in [1.54, 1.807) is 30.3 Å². The van der Waals surface area contributed by atoms with Crippen LogP contribution in [0.4, 0.5) is 11.4 Å². The first-order chi connectivity index (χ1) is 13.3. The van der Waals surface area contributed by atoms with Gasteiger partial charge < -0.3 is 10.6 Å². The number of benzene rings is 2. The molecule has 0 spiro atoms. The molecule has 0 saturated carbocycles. The Morgan fingerprint density at radius 1 is 1.25 bits per heavy atom. The van der Waals surface area contributed by atoms with Crippen LogP contribution in [-0.4, -0.2) is 31.2 Å². The van der Waals surface area contributed by atoms with Gasteiger partial charge in [-0.1, -0.05) is 11.6 Å². The summed E-state index contributed by atoms with van der Waals surface area (Å²) in [4.78, 5) is 24.9. The van der Waals surface area contributed by atoms with Crippen molar-refractivity contribution in [1.82, 2.24) is 0 Å². The molecule has 6 nitrogen and oxygen atoms in total. The Hall–Kier alpha value is -2.03. The van der Waals surface area contributed by atoms with Gasteiger partial charge in [0.2, 0.25) is 11.8 Å². The Morgan fingerprint density at radius 3 is 2.68 bits per heavy atom. The summed E-state index contributed by atoms with van der Waals surface area (Å²) in [7, 11) is -3.74. The standard InChI is InChI=1S/C19H19ClN2O4S2/c1-12(10-19(24)21-14-4-2-13(20)3-5-14)28(25,26)15-6-7-17-16(11-15)22-18(23)8-9-27-17/h2-7,11-12H,8-10H2,1H3,(H,21,24)(H,22,23). The summed E-state index contributed by atoms with van der Waals surface area (Å²) in [5, 5.41) is 5.02. The molecule has 2 N–H and O–H groups in total. The van der Waals surface area contributed by atoms with Crippen LogP contribution in [0, 0.1) is 0 Å². The molecule has 2 aromatic rings. The number of rotatable bonds is 5. The zero-order chi connectivity index (χ0) is 20.3. The van der Waals surface area contributed by atoms with Crippen molar-refractivity contribution >= 4 is 56.4 Å². The van der Waals surface area contributed by atoms with Gasteiger partial charge in [0.1, 0.15) is 0 Å². The van der Waals surface area contributed by atoms with Gasteiger partial charge in [0.15, 0.2) is 9.84 Å². The topological polar surface area (TPSA) is 92.3 Å². The number of hydrogen-bond donors (Lipinski definition) is 2. The monoisotopic (exact) mass is 438 g/mol. The number of amides is 2. The maximum absolute atomic E-state index is 12.9. The van der Waals surface area contributed by atoms with Gasteiger partial charge >= 0.3 is 0 Å². The Balaban J connectivity index is 1.73. The van der Waals surface area contributed by atoms with Crippen LogP contribution in [0.1, 0.15) is 19.8 Å². The van der Waals surface area contributed by atoms with Gasteiger partial charge in [-0.25, -0.2) is 8.42 Å². The Labute approximate surface area is 173 Å². The summed E-state index contributed by atoms with van der Waals surface area (Å²) in [6.07, 6.45) is 0.186. The highest BCUT2D eigenvalue weighted by Crippen LogP contribution is 2.33. The van der Waals surface area contributed by atoms with Crippen LogP contribution in [-0.2, 0) is 19.4 Å². The average Bonchev–Trinajstić information content (AvgIpc) is 2.83. The van der Waals surface area contributed by atoms with E-state index in [0.717, 1.165) is 4.90 Å². The van der Waals surface area contributed by atoms with Crippen LogP contribution < -0.4 is 10.6 Å². The molecule has 2 amide bonds. The first kappa shape index (κ1) is 20.7. The van der Waals surface area contributed by atoms with Crippen molar-refractivity contribution in [3.8, 4) is 0 Å². The molecular formula is C19H19ClN2O4S2. The summed E-state index contributed by atoms with van der Waals surface area (Å²) in [6.45, 7) is 1.50. The molecule has 0 aliphatic carbocycles. The predicted molar refractivity (Wildman–Crippen MR) is 112 cm³/mol. The van der Waals surface area contributed by atoms with Gasteiger partial charge in [-0.05, 0) is 49.4 Å². The normalized spacial score (nSPS) is 15.1. The largest absolute Gasteiger partial charge is 0.326 e. The highest BCUT2D eigenvalue weighted by atomic mass is 35.5. The van der Waals surface area contributed by atoms with Crippen molar-refractivity contribution in [2.45, 2.75) is 34.8 Å². The molecule has 0 radical (unpaired) electrons. The minimum Gasteiger partial charge on any atom is -0.326 e. The molecule has 1 heterocycles. The van der Waals surface area contributed by atoms with Crippen LogP contribution in [0.2, 0.25) is 5.02 Å². The van der Waals surface area contributed by atoms with E-state index in [-0.39, 0.29) is 17.2 Å². The minimum atomic E-state index is -3.74. The number of carbonyl (C=O) groups is 2. The number of sulfone groups is 1. The van der Waals surface area contributed by atoms with E-state index >= 15 is 0 Å². The number of nitrogens with one attached hydrogen (secondary N) is 2. The SMILES string of the molecule is CC(CC(=O)Nc1ccc(Cl)cc1)S(=O)(=O)c1ccc2c(c1)NC(=O)CCS2. The molecule has 0 aromatic heterocycles. The third-order valence-electron chi connectivity index (χ3n) is 4.27. The van der Waals surface area contributed by atoms with Crippen LogP contribution in [0.25, 0.3) is 0 Å². The van der Waals surface area contributed by atoms with Gasteiger partial charge in [0.05, 0.1) is 15.8 Å². The number of anilines is 2.